The number of anilines is 1. The van der Waals surface area contributed by atoms with Crippen molar-refractivity contribution in [3.63, 3.8) is 0 Å². The van der Waals surface area contributed by atoms with E-state index in [2.05, 4.69) is 10.1 Å². The number of fused-ring (bicyclic) bond motifs is 3. The van der Waals surface area contributed by atoms with Crippen LogP contribution in [0, 0.1) is 0 Å². The fourth-order valence-corrected chi connectivity index (χ4v) is 3.92. The standard InChI is InChI=1S/C14H12N2O4S2/c1-20-14(17)16-8-2-5-12-11(6-8)10-4-3-9(22(15,18)19)7-13(10)21-12/h2-7H,1H3,(H,16,17)(H2,15,18,19). The Kier molecular flexibility index (Phi) is 3.51. The van der Waals surface area contributed by atoms with E-state index in [0.29, 0.717) is 5.69 Å². The van der Waals surface area contributed by atoms with Crippen LogP contribution in [-0.2, 0) is 14.8 Å². The summed E-state index contributed by atoms with van der Waals surface area (Å²) >= 11 is 1.46. The molecule has 1 aromatic heterocycles. The van der Waals surface area contributed by atoms with Gasteiger partial charge in [-0.3, -0.25) is 5.32 Å². The summed E-state index contributed by atoms with van der Waals surface area (Å²) in [6.45, 7) is 0. The van der Waals surface area contributed by atoms with Crippen LogP contribution >= 0.6 is 11.3 Å². The van der Waals surface area contributed by atoms with Gasteiger partial charge in [-0.15, -0.1) is 11.3 Å². The molecule has 3 rings (SSSR count). The van der Waals surface area contributed by atoms with Gasteiger partial charge in [-0.05, 0) is 30.3 Å². The Morgan fingerprint density at radius 1 is 1.14 bits per heavy atom. The molecule has 0 aliphatic heterocycles. The highest BCUT2D eigenvalue weighted by molar-refractivity contribution is 7.89. The minimum Gasteiger partial charge on any atom is -0.453 e. The van der Waals surface area contributed by atoms with Gasteiger partial charge in [0.2, 0.25) is 10.0 Å². The van der Waals surface area contributed by atoms with Crippen LogP contribution in [0.15, 0.2) is 41.3 Å². The Bertz CT molecular complexity index is 993. The van der Waals surface area contributed by atoms with Crippen molar-refractivity contribution in [1.82, 2.24) is 0 Å². The van der Waals surface area contributed by atoms with Gasteiger partial charge in [-0.2, -0.15) is 0 Å². The zero-order chi connectivity index (χ0) is 15.9. The minimum atomic E-state index is -3.73. The number of nitrogens with two attached hydrogens (primary N) is 1. The van der Waals surface area contributed by atoms with Gasteiger partial charge in [-0.1, -0.05) is 6.07 Å². The van der Waals surface area contributed by atoms with Crippen LogP contribution in [0.2, 0.25) is 0 Å². The molecule has 0 unspecified atom stereocenters. The highest BCUT2D eigenvalue weighted by atomic mass is 32.2. The van der Waals surface area contributed by atoms with Gasteiger partial charge < -0.3 is 4.74 Å². The number of ether oxygens (including phenoxy) is 1. The lowest BCUT2D eigenvalue weighted by atomic mass is 10.1. The molecule has 0 saturated carbocycles. The first-order valence-electron chi connectivity index (χ1n) is 6.22. The van der Waals surface area contributed by atoms with E-state index in [1.165, 1.54) is 24.5 Å². The Morgan fingerprint density at radius 3 is 2.59 bits per heavy atom. The fourth-order valence-electron chi connectivity index (χ4n) is 2.18. The van der Waals surface area contributed by atoms with Crippen molar-refractivity contribution in [3.05, 3.63) is 36.4 Å². The number of methoxy groups -OCH3 is 1. The third-order valence-corrected chi connectivity index (χ3v) is 5.25. The summed E-state index contributed by atoms with van der Waals surface area (Å²) in [5, 5.41) is 9.58. The summed E-state index contributed by atoms with van der Waals surface area (Å²) in [5.41, 5.74) is 0.606. The number of hydrogen-bond donors (Lipinski definition) is 2. The maximum absolute atomic E-state index is 11.4. The van der Waals surface area contributed by atoms with Gasteiger partial charge in [0.1, 0.15) is 0 Å². The Balaban J connectivity index is 2.16. The third-order valence-electron chi connectivity index (χ3n) is 3.20. The second-order valence-electron chi connectivity index (χ2n) is 4.63. The van der Waals surface area contributed by atoms with Crippen molar-refractivity contribution in [3.8, 4) is 0 Å². The average molecular weight is 336 g/mol. The molecule has 114 valence electrons. The van der Waals surface area contributed by atoms with Crippen molar-refractivity contribution < 1.29 is 17.9 Å². The monoisotopic (exact) mass is 336 g/mol. The van der Waals surface area contributed by atoms with Gasteiger partial charge in [0.25, 0.3) is 0 Å². The maximum Gasteiger partial charge on any atom is 0.411 e. The summed E-state index contributed by atoms with van der Waals surface area (Å²) in [4.78, 5) is 11.3. The lowest BCUT2D eigenvalue weighted by Crippen LogP contribution is -2.11. The van der Waals surface area contributed by atoms with Crippen LogP contribution in [0.3, 0.4) is 0 Å². The number of primary sulfonamides is 1. The summed E-state index contributed by atoms with van der Waals surface area (Å²) < 4.78 is 29.2. The number of thiophene rings is 1. The molecule has 0 spiro atoms. The van der Waals surface area contributed by atoms with Crippen LogP contribution in [0.5, 0.6) is 0 Å². The van der Waals surface area contributed by atoms with Crippen molar-refractivity contribution in [2.24, 2.45) is 5.14 Å². The molecule has 0 radical (unpaired) electrons. The van der Waals surface area contributed by atoms with Crippen molar-refractivity contribution >= 4 is 53.3 Å². The molecule has 3 N–H and O–H groups in total. The van der Waals surface area contributed by atoms with Gasteiger partial charge >= 0.3 is 6.09 Å². The number of rotatable bonds is 2. The number of hydrogen-bond acceptors (Lipinski definition) is 5. The third kappa shape index (κ3) is 2.63. The van der Waals surface area contributed by atoms with Gasteiger partial charge in [0.05, 0.1) is 12.0 Å². The Morgan fingerprint density at radius 2 is 1.91 bits per heavy atom. The molecule has 1 heterocycles. The van der Waals surface area contributed by atoms with Crippen LogP contribution in [0.1, 0.15) is 0 Å². The topological polar surface area (TPSA) is 98.5 Å². The predicted molar refractivity (Wildman–Crippen MR) is 86.7 cm³/mol. The SMILES string of the molecule is COC(=O)Nc1ccc2sc3cc(S(N)(=O)=O)ccc3c2c1. The number of nitrogens with one attached hydrogen (secondary N) is 1. The smallest absolute Gasteiger partial charge is 0.411 e. The summed E-state index contributed by atoms with van der Waals surface area (Å²) in [7, 11) is -2.43. The molecule has 0 bridgehead atoms. The maximum atomic E-state index is 11.4. The van der Waals surface area contributed by atoms with Crippen molar-refractivity contribution in [2.45, 2.75) is 4.90 Å². The van der Waals surface area contributed by atoms with Crippen LogP contribution < -0.4 is 10.5 Å². The molecular formula is C14H12N2O4S2. The highest BCUT2D eigenvalue weighted by Crippen LogP contribution is 2.36. The largest absolute Gasteiger partial charge is 0.453 e. The van der Waals surface area contributed by atoms with E-state index in [4.69, 9.17) is 5.14 Å². The minimum absolute atomic E-state index is 0.0828. The van der Waals surface area contributed by atoms with Gasteiger partial charge in [0.15, 0.2) is 0 Å². The second kappa shape index (κ2) is 5.24. The first-order valence-corrected chi connectivity index (χ1v) is 8.59. The lowest BCUT2D eigenvalue weighted by molar-refractivity contribution is 0.187. The first kappa shape index (κ1) is 14.8. The first-order chi connectivity index (χ1) is 10.4. The normalized spacial score (nSPS) is 11.7. The quantitative estimate of drug-likeness (QED) is 0.751. The van der Waals surface area contributed by atoms with E-state index in [1.807, 2.05) is 12.1 Å². The number of sulfonamides is 1. The lowest BCUT2D eigenvalue weighted by Gasteiger charge is -2.03. The van der Waals surface area contributed by atoms with Crippen molar-refractivity contribution in [1.29, 1.82) is 0 Å². The summed E-state index contributed by atoms with van der Waals surface area (Å²) in [6, 6.07) is 10.2. The number of benzene rings is 2. The van der Waals surface area contributed by atoms with Crippen LogP contribution in [-0.4, -0.2) is 21.6 Å². The molecule has 3 aromatic rings. The molecule has 8 heteroatoms. The number of carbonyl (C=O) groups is 1. The van der Waals surface area contributed by atoms with E-state index in [9.17, 15) is 13.2 Å². The molecule has 0 aliphatic carbocycles. The predicted octanol–water partition coefficient (Wildman–Crippen LogP) is 2.88. The highest BCUT2D eigenvalue weighted by Gasteiger charge is 2.12. The summed E-state index contributed by atoms with van der Waals surface area (Å²) in [6.07, 6.45) is -0.546. The van der Waals surface area contributed by atoms with Crippen LogP contribution in [0.25, 0.3) is 20.2 Å². The molecule has 0 atom stereocenters. The molecule has 0 saturated heterocycles. The van der Waals surface area contributed by atoms with E-state index in [-0.39, 0.29) is 4.90 Å². The second-order valence-corrected chi connectivity index (χ2v) is 7.28. The summed E-state index contributed by atoms with van der Waals surface area (Å²) in [5.74, 6) is 0. The number of amides is 1. The van der Waals surface area contributed by atoms with E-state index >= 15 is 0 Å². The van der Waals surface area contributed by atoms with E-state index < -0.39 is 16.1 Å². The van der Waals surface area contributed by atoms with E-state index in [1.54, 1.807) is 18.2 Å². The van der Waals surface area contributed by atoms with Gasteiger partial charge in [0, 0.05) is 25.9 Å². The molecule has 22 heavy (non-hydrogen) atoms. The molecule has 0 fully saturated rings. The fraction of sp³-hybridized carbons (Fsp3) is 0.0714. The molecule has 1 amide bonds. The van der Waals surface area contributed by atoms with Crippen molar-refractivity contribution in [2.75, 3.05) is 12.4 Å². The number of carbonyl (C=O) groups excluding carboxylic acids is 1. The Hall–Kier alpha value is -2.16. The van der Waals surface area contributed by atoms with E-state index in [0.717, 1.165) is 20.2 Å². The molecular weight excluding hydrogens is 324 g/mol. The molecule has 6 nitrogen and oxygen atoms in total. The Labute approximate surface area is 130 Å². The average Bonchev–Trinajstić information content (AvgIpc) is 2.83. The zero-order valence-electron chi connectivity index (χ0n) is 11.5. The zero-order valence-corrected chi connectivity index (χ0v) is 13.1. The van der Waals surface area contributed by atoms with Gasteiger partial charge in [-0.25, -0.2) is 18.4 Å². The molecule has 2 aromatic carbocycles. The van der Waals surface area contributed by atoms with Crippen LogP contribution in [0.4, 0.5) is 10.5 Å². The molecule has 0 aliphatic rings.